The fourth-order valence-electron chi connectivity index (χ4n) is 2.92. The van der Waals surface area contributed by atoms with E-state index in [1.165, 1.54) is 6.42 Å². The van der Waals surface area contributed by atoms with E-state index in [1.54, 1.807) is 20.3 Å². The molecule has 1 unspecified atom stereocenters. The molecule has 0 aromatic heterocycles. The summed E-state index contributed by atoms with van der Waals surface area (Å²) in [5.41, 5.74) is 0.887. The van der Waals surface area contributed by atoms with E-state index in [4.69, 9.17) is 9.47 Å². The van der Waals surface area contributed by atoms with Crippen molar-refractivity contribution in [3.05, 3.63) is 29.8 Å². The van der Waals surface area contributed by atoms with Crippen molar-refractivity contribution >= 4 is 12.0 Å². The van der Waals surface area contributed by atoms with Crippen LogP contribution in [-0.4, -0.2) is 51.7 Å². The van der Waals surface area contributed by atoms with E-state index in [0.717, 1.165) is 31.6 Å². The number of amides is 1. The highest BCUT2D eigenvalue weighted by Gasteiger charge is 2.21. The van der Waals surface area contributed by atoms with Gasteiger partial charge in [0.05, 0.1) is 14.2 Å². The van der Waals surface area contributed by atoms with Gasteiger partial charge in [0, 0.05) is 25.2 Å². The van der Waals surface area contributed by atoms with Gasteiger partial charge in [-0.15, -0.1) is 0 Å². The van der Waals surface area contributed by atoms with Crippen molar-refractivity contribution in [3.63, 3.8) is 0 Å². The van der Waals surface area contributed by atoms with Crippen molar-refractivity contribution in [1.82, 2.24) is 10.2 Å². The van der Waals surface area contributed by atoms with Crippen LogP contribution in [0.25, 0.3) is 6.08 Å². The number of nitrogens with one attached hydrogen (secondary N) is 1. The highest BCUT2D eigenvalue weighted by molar-refractivity contribution is 5.92. The highest BCUT2D eigenvalue weighted by atomic mass is 16.5. The summed E-state index contributed by atoms with van der Waals surface area (Å²) in [6, 6.07) is 5.57. The molecular formula is C18H26N2O3. The molecule has 1 amide bonds. The molecule has 0 saturated carbocycles. The van der Waals surface area contributed by atoms with Gasteiger partial charge in [0.25, 0.3) is 0 Å². The maximum Gasteiger partial charge on any atom is 0.246 e. The topological polar surface area (TPSA) is 50.8 Å². The van der Waals surface area contributed by atoms with Crippen LogP contribution in [0.3, 0.4) is 0 Å². The van der Waals surface area contributed by atoms with Crippen LogP contribution in [0.15, 0.2) is 24.3 Å². The van der Waals surface area contributed by atoms with E-state index < -0.39 is 0 Å². The van der Waals surface area contributed by atoms with Gasteiger partial charge in [-0.2, -0.15) is 0 Å². The molecular weight excluding hydrogens is 292 g/mol. The lowest BCUT2D eigenvalue weighted by molar-refractivity contribution is -0.127. The van der Waals surface area contributed by atoms with Gasteiger partial charge >= 0.3 is 0 Å². The lowest BCUT2D eigenvalue weighted by Crippen LogP contribution is -2.41. The minimum Gasteiger partial charge on any atom is -0.497 e. The molecule has 1 heterocycles. The molecule has 126 valence electrons. The predicted octanol–water partition coefficient (Wildman–Crippen LogP) is 2.17. The number of methoxy groups -OCH3 is 2. The maximum atomic E-state index is 12.4. The van der Waals surface area contributed by atoms with Crippen molar-refractivity contribution in [2.24, 2.45) is 5.92 Å². The summed E-state index contributed by atoms with van der Waals surface area (Å²) in [6.45, 7) is 2.62. The molecule has 0 radical (unpaired) electrons. The van der Waals surface area contributed by atoms with Gasteiger partial charge in [-0.25, -0.2) is 0 Å². The number of carbonyl (C=O) groups excluding carboxylic acids is 1. The monoisotopic (exact) mass is 318 g/mol. The van der Waals surface area contributed by atoms with Crippen LogP contribution in [0.5, 0.6) is 11.5 Å². The predicted molar refractivity (Wildman–Crippen MR) is 91.8 cm³/mol. The Balaban J connectivity index is 2.03. The van der Waals surface area contributed by atoms with Crippen LogP contribution in [0.4, 0.5) is 0 Å². The van der Waals surface area contributed by atoms with E-state index in [1.807, 2.05) is 36.2 Å². The number of ether oxygens (including phenoxy) is 2. The quantitative estimate of drug-likeness (QED) is 0.817. The number of likely N-dealkylation sites (tertiary alicyclic amines) is 1. The third kappa shape index (κ3) is 4.99. The molecule has 0 spiro atoms. The Morgan fingerprint density at radius 3 is 2.61 bits per heavy atom. The lowest BCUT2D eigenvalue weighted by Gasteiger charge is -2.32. The SMILES string of the molecule is CNCC1CCCN(C(=O)/C=C/c2cc(OC)cc(OC)c2)C1. The summed E-state index contributed by atoms with van der Waals surface area (Å²) in [7, 11) is 5.18. The summed E-state index contributed by atoms with van der Waals surface area (Å²) in [6.07, 6.45) is 5.70. The standard InChI is InChI=1S/C18H26N2O3/c1-19-12-15-5-4-8-20(13-15)18(21)7-6-14-9-16(22-2)11-17(10-14)23-3/h6-7,9-11,15,19H,4-5,8,12-13H2,1-3H3/b7-6+. The van der Waals surface area contributed by atoms with Crippen molar-refractivity contribution in [1.29, 1.82) is 0 Å². The maximum absolute atomic E-state index is 12.4. The highest BCUT2D eigenvalue weighted by Crippen LogP contribution is 2.23. The van der Waals surface area contributed by atoms with Crippen LogP contribution in [0.1, 0.15) is 18.4 Å². The van der Waals surface area contributed by atoms with E-state index >= 15 is 0 Å². The van der Waals surface area contributed by atoms with Gasteiger partial charge in [-0.1, -0.05) is 0 Å². The molecule has 1 fully saturated rings. The molecule has 1 aromatic carbocycles. The lowest BCUT2D eigenvalue weighted by atomic mass is 9.98. The van der Waals surface area contributed by atoms with Gasteiger partial charge in [0.15, 0.2) is 0 Å². The molecule has 1 saturated heterocycles. The molecule has 2 rings (SSSR count). The minimum absolute atomic E-state index is 0.0626. The Bertz CT molecular complexity index is 533. The third-order valence-electron chi connectivity index (χ3n) is 4.12. The van der Waals surface area contributed by atoms with Crippen molar-refractivity contribution in [2.75, 3.05) is 40.9 Å². The summed E-state index contributed by atoms with van der Waals surface area (Å²) in [5, 5.41) is 3.20. The molecule has 5 heteroatoms. The first-order chi connectivity index (χ1) is 11.2. The molecule has 23 heavy (non-hydrogen) atoms. The zero-order chi connectivity index (χ0) is 16.7. The first kappa shape index (κ1) is 17.3. The van der Waals surface area contributed by atoms with Gasteiger partial charge < -0.3 is 19.7 Å². The largest absolute Gasteiger partial charge is 0.497 e. The van der Waals surface area contributed by atoms with Crippen LogP contribution >= 0.6 is 0 Å². The number of hydrogen-bond acceptors (Lipinski definition) is 4. The smallest absolute Gasteiger partial charge is 0.246 e. The Labute approximate surface area is 138 Å². The van der Waals surface area contributed by atoms with Gasteiger partial charge in [-0.3, -0.25) is 4.79 Å². The molecule has 1 aromatic rings. The van der Waals surface area contributed by atoms with Crippen LogP contribution < -0.4 is 14.8 Å². The fourth-order valence-corrected chi connectivity index (χ4v) is 2.92. The van der Waals surface area contributed by atoms with Gasteiger partial charge in [0.1, 0.15) is 11.5 Å². The number of piperidine rings is 1. The number of benzene rings is 1. The molecule has 1 N–H and O–H groups in total. The van der Waals surface area contributed by atoms with E-state index in [9.17, 15) is 4.79 Å². The number of nitrogens with zero attached hydrogens (tertiary/aromatic N) is 1. The van der Waals surface area contributed by atoms with Gasteiger partial charge in [-0.05, 0) is 56.1 Å². The molecule has 0 aliphatic carbocycles. The second-order valence-corrected chi connectivity index (χ2v) is 5.83. The molecule has 1 aliphatic rings. The molecule has 1 aliphatic heterocycles. The number of rotatable bonds is 6. The van der Waals surface area contributed by atoms with Crippen LogP contribution in [-0.2, 0) is 4.79 Å². The van der Waals surface area contributed by atoms with Crippen LogP contribution in [0.2, 0.25) is 0 Å². The summed E-state index contributed by atoms with van der Waals surface area (Å²) in [4.78, 5) is 14.3. The van der Waals surface area contributed by atoms with E-state index in [0.29, 0.717) is 17.4 Å². The van der Waals surface area contributed by atoms with Crippen molar-refractivity contribution in [3.8, 4) is 11.5 Å². The third-order valence-corrected chi connectivity index (χ3v) is 4.12. The summed E-state index contributed by atoms with van der Waals surface area (Å²) >= 11 is 0. The molecule has 1 atom stereocenters. The minimum atomic E-state index is 0.0626. The van der Waals surface area contributed by atoms with E-state index in [2.05, 4.69) is 5.32 Å². The summed E-state index contributed by atoms with van der Waals surface area (Å²) in [5.74, 6) is 2.03. The zero-order valence-corrected chi connectivity index (χ0v) is 14.2. The second kappa shape index (κ2) is 8.58. The molecule has 0 bridgehead atoms. The zero-order valence-electron chi connectivity index (χ0n) is 14.2. The Morgan fingerprint density at radius 2 is 2.00 bits per heavy atom. The first-order valence-corrected chi connectivity index (χ1v) is 8.01. The first-order valence-electron chi connectivity index (χ1n) is 8.01. The Kier molecular flexibility index (Phi) is 6.47. The number of hydrogen-bond donors (Lipinski definition) is 1. The van der Waals surface area contributed by atoms with E-state index in [-0.39, 0.29) is 5.91 Å². The van der Waals surface area contributed by atoms with Crippen molar-refractivity contribution in [2.45, 2.75) is 12.8 Å². The Morgan fingerprint density at radius 1 is 1.30 bits per heavy atom. The fraction of sp³-hybridized carbons (Fsp3) is 0.500. The summed E-state index contributed by atoms with van der Waals surface area (Å²) < 4.78 is 10.5. The Hall–Kier alpha value is -2.01. The average molecular weight is 318 g/mol. The average Bonchev–Trinajstić information content (AvgIpc) is 2.59. The van der Waals surface area contributed by atoms with Gasteiger partial charge in [0.2, 0.25) is 5.91 Å². The van der Waals surface area contributed by atoms with Crippen LogP contribution in [0, 0.1) is 5.92 Å². The van der Waals surface area contributed by atoms with Crippen molar-refractivity contribution < 1.29 is 14.3 Å². The normalized spacial score (nSPS) is 18.2. The molecule has 5 nitrogen and oxygen atoms in total. The number of carbonyl (C=O) groups is 1. The second-order valence-electron chi connectivity index (χ2n) is 5.83.